The third kappa shape index (κ3) is 1.26. The van der Waals surface area contributed by atoms with Crippen LogP contribution in [0, 0.1) is 0 Å². The van der Waals surface area contributed by atoms with Crippen LogP contribution in [0.4, 0.5) is 0 Å². The lowest BCUT2D eigenvalue weighted by atomic mass is 9.85. The molecule has 72 valence electrons. The molecule has 0 saturated heterocycles. The Morgan fingerprint density at radius 2 is 2.36 bits per heavy atom. The van der Waals surface area contributed by atoms with Gasteiger partial charge in [-0.05, 0) is 12.8 Å². The maximum Gasteiger partial charge on any atom is 0.197 e. The summed E-state index contributed by atoms with van der Waals surface area (Å²) in [6.07, 6.45) is 7.25. The number of nitrogens with zero attached hydrogens (tertiary/aromatic N) is 2. The minimum atomic E-state index is 0.559. The molecule has 1 saturated carbocycles. The minimum Gasteiger partial charge on any atom is -0.448 e. The highest BCUT2D eigenvalue weighted by Gasteiger charge is 2.24. The molecule has 2 aromatic heterocycles. The van der Waals surface area contributed by atoms with Gasteiger partial charge in [-0.1, -0.05) is 6.42 Å². The molecule has 1 aliphatic rings. The summed E-state index contributed by atoms with van der Waals surface area (Å²) in [5.41, 5.74) is 0.877. The van der Waals surface area contributed by atoms with Gasteiger partial charge in [0, 0.05) is 17.5 Å². The number of rotatable bonds is 2. The van der Waals surface area contributed by atoms with Crippen LogP contribution in [-0.2, 0) is 0 Å². The predicted molar refractivity (Wildman–Crippen MR) is 54.2 cm³/mol. The van der Waals surface area contributed by atoms with Gasteiger partial charge in [-0.25, -0.2) is 9.97 Å². The summed E-state index contributed by atoms with van der Waals surface area (Å²) >= 11 is 1.59. The summed E-state index contributed by atoms with van der Waals surface area (Å²) in [6.45, 7) is 0. The zero-order valence-electron chi connectivity index (χ0n) is 7.64. The number of oxazole rings is 1. The highest BCUT2D eigenvalue weighted by molar-refractivity contribution is 7.13. The average Bonchev–Trinajstić information content (AvgIpc) is 2.65. The fourth-order valence-corrected chi connectivity index (χ4v) is 2.17. The fraction of sp³-hybridized carbons (Fsp3) is 0.400. The van der Waals surface area contributed by atoms with Gasteiger partial charge in [-0.3, -0.25) is 0 Å². The zero-order chi connectivity index (χ0) is 9.38. The first kappa shape index (κ1) is 8.17. The highest BCUT2D eigenvalue weighted by atomic mass is 32.1. The van der Waals surface area contributed by atoms with Crippen molar-refractivity contribution in [2.24, 2.45) is 0 Å². The quantitative estimate of drug-likeness (QED) is 0.758. The molecule has 0 amide bonds. The van der Waals surface area contributed by atoms with E-state index >= 15 is 0 Å². The van der Waals surface area contributed by atoms with Crippen molar-refractivity contribution in [2.45, 2.75) is 25.2 Å². The van der Waals surface area contributed by atoms with Crippen molar-refractivity contribution in [2.75, 3.05) is 0 Å². The van der Waals surface area contributed by atoms with Crippen LogP contribution >= 0.6 is 11.3 Å². The maximum absolute atomic E-state index is 5.45. The second-order valence-corrected chi connectivity index (χ2v) is 4.43. The summed E-state index contributed by atoms with van der Waals surface area (Å²) in [5, 5.41) is 2.90. The standard InChI is InChI=1S/C10H10N2OS/c1-2-7(3-1)9-12-8(6-13-9)10-11-4-5-14-10/h4-7H,1-3H2. The van der Waals surface area contributed by atoms with Crippen molar-refractivity contribution in [1.82, 2.24) is 9.97 Å². The van der Waals surface area contributed by atoms with Gasteiger partial charge in [0.05, 0.1) is 0 Å². The van der Waals surface area contributed by atoms with Crippen molar-refractivity contribution in [1.29, 1.82) is 0 Å². The molecule has 0 N–H and O–H groups in total. The third-order valence-corrected chi connectivity index (χ3v) is 3.42. The van der Waals surface area contributed by atoms with E-state index < -0.39 is 0 Å². The summed E-state index contributed by atoms with van der Waals surface area (Å²) in [4.78, 5) is 8.65. The second-order valence-electron chi connectivity index (χ2n) is 3.54. The third-order valence-electron chi connectivity index (χ3n) is 2.63. The molecule has 4 heteroatoms. The molecule has 0 atom stereocenters. The van der Waals surface area contributed by atoms with Gasteiger partial charge in [0.15, 0.2) is 5.89 Å². The van der Waals surface area contributed by atoms with Crippen LogP contribution in [0.15, 0.2) is 22.3 Å². The molecule has 0 aromatic carbocycles. The molecule has 3 rings (SSSR count). The zero-order valence-corrected chi connectivity index (χ0v) is 8.46. The molecular formula is C10H10N2OS. The van der Waals surface area contributed by atoms with Crippen molar-refractivity contribution in [3.05, 3.63) is 23.7 Å². The maximum atomic E-state index is 5.45. The molecule has 0 radical (unpaired) electrons. The Bertz CT molecular complexity index is 417. The van der Waals surface area contributed by atoms with E-state index in [9.17, 15) is 0 Å². The Hall–Kier alpha value is -1.16. The number of hydrogen-bond acceptors (Lipinski definition) is 4. The largest absolute Gasteiger partial charge is 0.448 e. The van der Waals surface area contributed by atoms with Crippen LogP contribution in [0.5, 0.6) is 0 Å². The van der Waals surface area contributed by atoms with Crippen molar-refractivity contribution in [3.63, 3.8) is 0 Å². The van der Waals surface area contributed by atoms with Crippen LogP contribution in [-0.4, -0.2) is 9.97 Å². The number of aromatic nitrogens is 2. The topological polar surface area (TPSA) is 38.9 Å². The van der Waals surface area contributed by atoms with E-state index in [2.05, 4.69) is 9.97 Å². The average molecular weight is 206 g/mol. The van der Waals surface area contributed by atoms with Gasteiger partial charge in [0.25, 0.3) is 0 Å². The Morgan fingerprint density at radius 3 is 3.00 bits per heavy atom. The van der Waals surface area contributed by atoms with Crippen LogP contribution in [0.25, 0.3) is 10.7 Å². The van der Waals surface area contributed by atoms with Gasteiger partial charge >= 0.3 is 0 Å². The summed E-state index contributed by atoms with van der Waals surface area (Å²) < 4.78 is 5.45. The molecular weight excluding hydrogens is 196 g/mol. The molecule has 2 heterocycles. The summed E-state index contributed by atoms with van der Waals surface area (Å²) in [6, 6.07) is 0. The SMILES string of the molecule is c1csc(-c2coc(C3CCC3)n2)n1. The first-order valence-electron chi connectivity index (χ1n) is 4.79. The lowest BCUT2D eigenvalue weighted by Gasteiger charge is -2.21. The van der Waals surface area contributed by atoms with Crippen LogP contribution in [0.3, 0.4) is 0 Å². The summed E-state index contributed by atoms with van der Waals surface area (Å²) in [7, 11) is 0. The van der Waals surface area contributed by atoms with Crippen molar-refractivity contribution < 1.29 is 4.42 Å². The van der Waals surface area contributed by atoms with Gasteiger partial charge < -0.3 is 4.42 Å². The Morgan fingerprint density at radius 1 is 1.43 bits per heavy atom. The highest BCUT2D eigenvalue weighted by Crippen LogP contribution is 2.36. The van der Waals surface area contributed by atoms with Crippen LogP contribution < -0.4 is 0 Å². The second kappa shape index (κ2) is 3.20. The fourth-order valence-electron chi connectivity index (χ4n) is 1.58. The molecule has 0 bridgehead atoms. The molecule has 2 aromatic rings. The number of thiazole rings is 1. The van der Waals surface area contributed by atoms with E-state index in [0.29, 0.717) is 5.92 Å². The van der Waals surface area contributed by atoms with E-state index in [1.807, 2.05) is 5.38 Å². The van der Waals surface area contributed by atoms with E-state index in [-0.39, 0.29) is 0 Å². The Balaban J connectivity index is 1.90. The molecule has 1 fully saturated rings. The Labute approximate surface area is 85.8 Å². The van der Waals surface area contributed by atoms with Gasteiger partial charge in [-0.15, -0.1) is 11.3 Å². The Kier molecular flexibility index (Phi) is 1.87. The smallest absolute Gasteiger partial charge is 0.197 e. The van der Waals surface area contributed by atoms with Crippen LogP contribution in [0.2, 0.25) is 0 Å². The lowest BCUT2D eigenvalue weighted by Crippen LogP contribution is -2.08. The molecule has 0 spiro atoms. The molecule has 0 aliphatic heterocycles. The first-order chi connectivity index (χ1) is 6.93. The minimum absolute atomic E-state index is 0.559. The lowest BCUT2D eigenvalue weighted by molar-refractivity contribution is 0.335. The summed E-state index contributed by atoms with van der Waals surface area (Å²) in [5.74, 6) is 1.45. The number of hydrogen-bond donors (Lipinski definition) is 0. The van der Waals surface area contributed by atoms with E-state index in [4.69, 9.17) is 4.42 Å². The molecule has 3 nitrogen and oxygen atoms in total. The van der Waals surface area contributed by atoms with E-state index in [0.717, 1.165) is 16.6 Å². The molecule has 1 aliphatic carbocycles. The van der Waals surface area contributed by atoms with Crippen LogP contribution in [0.1, 0.15) is 31.1 Å². The van der Waals surface area contributed by atoms with E-state index in [1.165, 1.54) is 19.3 Å². The van der Waals surface area contributed by atoms with Crippen molar-refractivity contribution in [3.8, 4) is 10.7 Å². The van der Waals surface area contributed by atoms with Gasteiger partial charge in [0.1, 0.15) is 17.0 Å². The monoisotopic (exact) mass is 206 g/mol. The first-order valence-corrected chi connectivity index (χ1v) is 5.67. The van der Waals surface area contributed by atoms with Gasteiger partial charge in [0.2, 0.25) is 0 Å². The molecule has 14 heavy (non-hydrogen) atoms. The normalized spacial score (nSPS) is 16.9. The predicted octanol–water partition coefficient (Wildman–Crippen LogP) is 3.07. The van der Waals surface area contributed by atoms with Crippen molar-refractivity contribution >= 4 is 11.3 Å². The van der Waals surface area contributed by atoms with Gasteiger partial charge in [-0.2, -0.15) is 0 Å². The molecule has 0 unspecified atom stereocenters. The van der Waals surface area contributed by atoms with E-state index in [1.54, 1.807) is 23.8 Å².